The van der Waals surface area contributed by atoms with Crippen LogP contribution in [0, 0.1) is 5.92 Å². The van der Waals surface area contributed by atoms with Gasteiger partial charge in [0.25, 0.3) is 15.0 Å². The number of hydrogen-bond acceptors (Lipinski definition) is 4. The van der Waals surface area contributed by atoms with E-state index in [1.165, 1.54) is 0 Å². The summed E-state index contributed by atoms with van der Waals surface area (Å²) in [6, 6.07) is -0.0739. The van der Waals surface area contributed by atoms with Gasteiger partial charge in [-0.2, -0.15) is 5.10 Å². The Kier molecular flexibility index (Phi) is 5.59. The van der Waals surface area contributed by atoms with E-state index >= 15 is 0 Å². The number of aryl methyl sites for hydroxylation is 1. The second kappa shape index (κ2) is 6.58. The normalized spacial score (nSPS) is 13.5. The SMILES string of the molecule is CCc1[nH]nc(C(=O)NC(C)CC(C)C)c1S(=O)(=O)Cl. The monoisotopic (exact) mass is 321 g/mol. The molecule has 0 bridgehead atoms. The minimum absolute atomic E-state index is 0.0739. The van der Waals surface area contributed by atoms with Crippen LogP contribution in [-0.2, 0) is 15.5 Å². The molecule has 1 heterocycles. The number of nitrogens with one attached hydrogen (secondary N) is 2. The molecule has 2 N–H and O–H groups in total. The minimum Gasteiger partial charge on any atom is -0.348 e. The number of nitrogens with zero attached hydrogens (tertiary/aromatic N) is 1. The second-order valence-corrected chi connectivity index (χ2v) is 7.68. The molecule has 0 radical (unpaired) electrons. The first-order valence-electron chi connectivity index (χ1n) is 6.49. The van der Waals surface area contributed by atoms with Crippen LogP contribution < -0.4 is 5.32 Å². The Morgan fingerprint density at radius 3 is 2.45 bits per heavy atom. The van der Waals surface area contributed by atoms with Gasteiger partial charge < -0.3 is 5.32 Å². The maximum Gasteiger partial charge on any atom is 0.273 e. The van der Waals surface area contributed by atoms with E-state index in [4.69, 9.17) is 10.7 Å². The van der Waals surface area contributed by atoms with E-state index in [0.717, 1.165) is 6.42 Å². The summed E-state index contributed by atoms with van der Waals surface area (Å²) in [5, 5.41) is 9.07. The molecular formula is C12H20ClN3O3S. The smallest absolute Gasteiger partial charge is 0.273 e. The van der Waals surface area contributed by atoms with Gasteiger partial charge in [0.2, 0.25) is 0 Å². The predicted molar refractivity (Wildman–Crippen MR) is 77.4 cm³/mol. The Bertz CT molecular complexity index is 581. The predicted octanol–water partition coefficient (Wildman–Crippen LogP) is 2.06. The molecule has 0 aliphatic heterocycles. The fourth-order valence-electron chi connectivity index (χ4n) is 2.08. The van der Waals surface area contributed by atoms with Crippen molar-refractivity contribution in [3.8, 4) is 0 Å². The van der Waals surface area contributed by atoms with Crippen molar-refractivity contribution in [2.24, 2.45) is 5.92 Å². The third-order valence-electron chi connectivity index (χ3n) is 2.81. The molecule has 1 amide bonds. The van der Waals surface area contributed by atoms with Gasteiger partial charge in [-0.25, -0.2) is 8.42 Å². The molecule has 114 valence electrons. The summed E-state index contributed by atoms with van der Waals surface area (Å²) in [6.45, 7) is 7.70. The quantitative estimate of drug-likeness (QED) is 0.784. The number of carbonyl (C=O) groups excluding carboxylic acids is 1. The van der Waals surface area contributed by atoms with Gasteiger partial charge >= 0.3 is 0 Å². The molecule has 0 fully saturated rings. The first-order chi connectivity index (χ1) is 9.16. The van der Waals surface area contributed by atoms with Crippen LogP contribution in [-0.4, -0.2) is 30.6 Å². The number of aromatic amines is 1. The van der Waals surface area contributed by atoms with Gasteiger partial charge in [-0.1, -0.05) is 20.8 Å². The average Bonchev–Trinajstić information content (AvgIpc) is 2.70. The van der Waals surface area contributed by atoms with Gasteiger partial charge in [0, 0.05) is 16.7 Å². The second-order valence-electron chi connectivity index (χ2n) is 5.18. The first kappa shape index (κ1) is 17.0. The standard InChI is InChI=1S/C12H20ClN3O3S/c1-5-9-11(20(13,18)19)10(16-15-9)12(17)14-8(4)6-7(2)3/h7-8H,5-6H2,1-4H3,(H,14,17)(H,15,16). The van der Waals surface area contributed by atoms with E-state index in [1.54, 1.807) is 6.92 Å². The summed E-state index contributed by atoms with van der Waals surface area (Å²) in [4.78, 5) is 11.9. The lowest BCUT2D eigenvalue weighted by Gasteiger charge is -2.15. The number of carbonyl (C=O) groups is 1. The summed E-state index contributed by atoms with van der Waals surface area (Å²) in [5.74, 6) is -0.111. The fourth-order valence-corrected chi connectivity index (χ4v) is 3.43. The van der Waals surface area contributed by atoms with Crippen LogP contribution in [0.3, 0.4) is 0 Å². The van der Waals surface area contributed by atoms with Crippen molar-refractivity contribution >= 4 is 25.6 Å². The number of H-pyrrole nitrogens is 1. The molecule has 0 saturated heterocycles. The van der Waals surface area contributed by atoms with Gasteiger partial charge in [0.1, 0.15) is 4.90 Å². The maximum atomic E-state index is 12.1. The number of rotatable bonds is 6. The van der Waals surface area contributed by atoms with Crippen LogP contribution in [0.4, 0.5) is 0 Å². The highest BCUT2D eigenvalue weighted by molar-refractivity contribution is 8.13. The Balaban J connectivity index is 3.03. The fraction of sp³-hybridized carbons (Fsp3) is 0.667. The van der Waals surface area contributed by atoms with Gasteiger partial charge in [-0.3, -0.25) is 9.89 Å². The van der Waals surface area contributed by atoms with Crippen molar-refractivity contribution in [1.29, 1.82) is 0 Å². The molecule has 1 unspecified atom stereocenters. The van der Waals surface area contributed by atoms with Gasteiger partial charge in [-0.15, -0.1) is 0 Å². The van der Waals surface area contributed by atoms with Crippen LogP contribution in [0.5, 0.6) is 0 Å². The molecular weight excluding hydrogens is 302 g/mol. The molecule has 1 rings (SSSR count). The summed E-state index contributed by atoms with van der Waals surface area (Å²) in [5.41, 5.74) is 0.161. The van der Waals surface area contributed by atoms with Crippen molar-refractivity contribution in [3.63, 3.8) is 0 Å². The highest BCUT2D eigenvalue weighted by Crippen LogP contribution is 2.23. The molecule has 0 aliphatic carbocycles. The van der Waals surface area contributed by atoms with Crippen molar-refractivity contribution < 1.29 is 13.2 Å². The highest BCUT2D eigenvalue weighted by Gasteiger charge is 2.28. The molecule has 0 saturated carbocycles. The molecule has 1 aromatic rings. The number of hydrogen-bond donors (Lipinski definition) is 2. The summed E-state index contributed by atoms with van der Waals surface area (Å²) < 4.78 is 23.2. The largest absolute Gasteiger partial charge is 0.348 e. The third kappa shape index (κ3) is 4.21. The molecule has 0 spiro atoms. The number of aromatic nitrogens is 2. The van der Waals surface area contributed by atoms with Crippen molar-refractivity contribution in [2.75, 3.05) is 0 Å². The van der Waals surface area contributed by atoms with E-state index in [2.05, 4.69) is 15.5 Å². The first-order valence-corrected chi connectivity index (χ1v) is 8.80. The summed E-state index contributed by atoms with van der Waals surface area (Å²) in [7, 11) is 1.37. The average molecular weight is 322 g/mol. The van der Waals surface area contributed by atoms with E-state index in [-0.39, 0.29) is 16.6 Å². The van der Waals surface area contributed by atoms with Crippen molar-refractivity contribution in [3.05, 3.63) is 11.4 Å². The molecule has 8 heteroatoms. The van der Waals surface area contributed by atoms with Crippen LogP contribution >= 0.6 is 10.7 Å². The van der Waals surface area contributed by atoms with Crippen molar-refractivity contribution in [1.82, 2.24) is 15.5 Å². The Labute approximate surface area is 123 Å². The Hall–Kier alpha value is -1.08. The molecule has 0 aliphatic rings. The van der Waals surface area contributed by atoms with E-state index < -0.39 is 15.0 Å². The molecule has 1 atom stereocenters. The third-order valence-corrected chi connectivity index (χ3v) is 4.20. The van der Waals surface area contributed by atoms with Crippen LogP contribution in [0.2, 0.25) is 0 Å². The van der Waals surface area contributed by atoms with E-state index in [1.807, 2.05) is 20.8 Å². The lowest BCUT2D eigenvalue weighted by atomic mass is 10.1. The van der Waals surface area contributed by atoms with Gasteiger partial charge in [0.15, 0.2) is 5.69 Å². The molecule has 0 aromatic carbocycles. The minimum atomic E-state index is -4.02. The van der Waals surface area contributed by atoms with Crippen LogP contribution in [0.15, 0.2) is 4.90 Å². The lowest BCUT2D eigenvalue weighted by molar-refractivity contribution is 0.0927. The molecule has 6 nitrogen and oxygen atoms in total. The number of halogens is 1. The number of amides is 1. The lowest BCUT2D eigenvalue weighted by Crippen LogP contribution is -2.34. The highest BCUT2D eigenvalue weighted by atomic mass is 35.7. The zero-order chi connectivity index (χ0) is 15.5. The molecule has 20 heavy (non-hydrogen) atoms. The molecule has 1 aromatic heterocycles. The summed E-state index contributed by atoms with van der Waals surface area (Å²) >= 11 is 0. The summed E-state index contributed by atoms with van der Waals surface area (Å²) in [6.07, 6.45) is 1.18. The Morgan fingerprint density at radius 2 is 2.00 bits per heavy atom. The topological polar surface area (TPSA) is 91.9 Å². The van der Waals surface area contributed by atoms with Crippen molar-refractivity contribution in [2.45, 2.75) is 51.5 Å². The van der Waals surface area contributed by atoms with Gasteiger partial charge in [0.05, 0.1) is 5.69 Å². The van der Waals surface area contributed by atoms with Crippen LogP contribution in [0.25, 0.3) is 0 Å². The Morgan fingerprint density at radius 1 is 1.40 bits per heavy atom. The zero-order valence-electron chi connectivity index (χ0n) is 12.0. The van der Waals surface area contributed by atoms with E-state index in [9.17, 15) is 13.2 Å². The zero-order valence-corrected chi connectivity index (χ0v) is 13.6. The van der Waals surface area contributed by atoms with Crippen LogP contribution in [0.1, 0.15) is 50.3 Å². The maximum absolute atomic E-state index is 12.1. The van der Waals surface area contributed by atoms with Gasteiger partial charge in [-0.05, 0) is 25.7 Å². The van der Waals surface area contributed by atoms with E-state index in [0.29, 0.717) is 18.0 Å².